The molecule has 6 heteroatoms. The summed E-state index contributed by atoms with van der Waals surface area (Å²) in [5, 5.41) is 4.74. The van der Waals surface area contributed by atoms with Gasteiger partial charge in [-0.25, -0.2) is 9.79 Å². The van der Waals surface area contributed by atoms with Crippen molar-refractivity contribution in [2.45, 2.75) is 32.6 Å². The number of urea groups is 1. The predicted octanol–water partition coefficient (Wildman–Crippen LogP) is 0.374. The van der Waals surface area contributed by atoms with Crippen LogP contribution in [0.5, 0.6) is 0 Å². The zero-order chi connectivity index (χ0) is 12.0. The van der Waals surface area contributed by atoms with Gasteiger partial charge >= 0.3 is 6.03 Å². The van der Waals surface area contributed by atoms with Crippen LogP contribution in [-0.4, -0.2) is 30.1 Å². The third kappa shape index (κ3) is 4.20. The number of carbonyl (C=O) groups excluding carboxylic acids is 3. The molecule has 0 fully saturated rings. The molecule has 2 N–H and O–H groups in total. The zero-order valence-corrected chi connectivity index (χ0v) is 9.21. The maximum Gasteiger partial charge on any atom is 0.347 e. The smallest absolute Gasteiger partial charge is 0.347 e. The lowest BCUT2D eigenvalue weighted by Gasteiger charge is -2.11. The van der Waals surface area contributed by atoms with Gasteiger partial charge in [0.05, 0.1) is 12.8 Å². The van der Waals surface area contributed by atoms with Crippen molar-refractivity contribution in [2.24, 2.45) is 4.99 Å². The molecule has 1 aliphatic heterocycles. The van der Waals surface area contributed by atoms with Gasteiger partial charge < -0.3 is 5.32 Å². The minimum Gasteiger partial charge on any atom is -0.356 e. The first-order valence-corrected chi connectivity index (χ1v) is 5.28. The van der Waals surface area contributed by atoms with E-state index in [-0.39, 0.29) is 18.7 Å². The summed E-state index contributed by atoms with van der Waals surface area (Å²) in [5.74, 6) is -0.606. The summed E-state index contributed by atoms with van der Waals surface area (Å²) in [5.41, 5.74) is 0.322. The highest BCUT2D eigenvalue weighted by Gasteiger charge is 2.19. The van der Waals surface area contributed by atoms with Crippen molar-refractivity contribution < 1.29 is 14.4 Å². The summed E-state index contributed by atoms with van der Waals surface area (Å²) in [6.07, 6.45) is 1.95. The second kappa shape index (κ2) is 5.99. The number of unbranched alkanes of at least 4 members (excludes halogenated alkanes) is 1. The van der Waals surface area contributed by atoms with Crippen LogP contribution < -0.4 is 10.6 Å². The van der Waals surface area contributed by atoms with Crippen molar-refractivity contribution in [1.29, 1.82) is 0 Å². The molecule has 0 unspecified atom stereocenters. The van der Waals surface area contributed by atoms with E-state index < -0.39 is 11.9 Å². The highest BCUT2D eigenvalue weighted by molar-refractivity contribution is 6.18. The Morgan fingerprint density at radius 3 is 2.88 bits per heavy atom. The normalized spacial score (nSPS) is 15.4. The number of carbonyl (C=O) groups is 3. The second-order valence-corrected chi connectivity index (χ2v) is 3.59. The quantitative estimate of drug-likeness (QED) is 0.663. The maximum atomic E-state index is 11.4. The molecular formula is C10H15N3O3. The Hall–Kier alpha value is -1.72. The Labute approximate surface area is 93.5 Å². The molecule has 0 radical (unpaired) electrons. The minimum absolute atomic E-state index is 0.0167. The van der Waals surface area contributed by atoms with Crippen molar-refractivity contribution in [1.82, 2.24) is 10.6 Å². The molecule has 6 nitrogen and oxygen atoms in total. The Kier molecular flexibility index (Phi) is 4.63. The van der Waals surface area contributed by atoms with E-state index in [1.54, 1.807) is 0 Å². The average molecular weight is 225 g/mol. The molecule has 4 amide bonds. The fourth-order valence-corrected chi connectivity index (χ4v) is 1.31. The van der Waals surface area contributed by atoms with Crippen molar-refractivity contribution in [2.75, 3.05) is 6.54 Å². The summed E-state index contributed by atoms with van der Waals surface area (Å²) in [4.78, 5) is 36.8. The molecule has 1 rings (SSSR count). The minimum atomic E-state index is -0.687. The molecular weight excluding hydrogens is 210 g/mol. The van der Waals surface area contributed by atoms with Gasteiger partial charge in [0.1, 0.15) is 0 Å². The van der Waals surface area contributed by atoms with E-state index in [0.717, 1.165) is 12.8 Å². The van der Waals surface area contributed by atoms with Gasteiger partial charge in [-0.1, -0.05) is 13.3 Å². The first-order valence-electron chi connectivity index (χ1n) is 5.28. The number of nitrogens with zero attached hydrogens (tertiary/aromatic N) is 1. The Morgan fingerprint density at radius 2 is 2.25 bits per heavy atom. The van der Waals surface area contributed by atoms with Crippen molar-refractivity contribution in [3.63, 3.8) is 0 Å². The number of rotatable bonds is 5. The predicted molar refractivity (Wildman–Crippen MR) is 58.1 cm³/mol. The van der Waals surface area contributed by atoms with Crippen molar-refractivity contribution in [3.05, 3.63) is 0 Å². The molecule has 16 heavy (non-hydrogen) atoms. The summed E-state index contributed by atoms with van der Waals surface area (Å²) in [6, 6.07) is -0.687. The van der Waals surface area contributed by atoms with Crippen molar-refractivity contribution >= 4 is 23.6 Å². The van der Waals surface area contributed by atoms with Crippen molar-refractivity contribution in [3.8, 4) is 0 Å². The van der Waals surface area contributed by atoms with Crippen LogP contribution in [0.2, 0.25) is 0 Å². The fourth-order valence-electron chi connectivity index (χ4n) is 1.31. The van der Waals surface area contributed by atoms with Crippen LogP contribution in [-0.2, 0) is 9.59 Å². The number of hydrogen-bond donors (Lipinski definition) is 2. The standard InChI is InChI=1S/C10H15N3O3/c1-2-3-4-11-8(14)5-7-6-9(15)13-10(16)12-7/h2-6H2,1H3,(H,11,14)(H,13,15,16). The first-order chi connectivity index (χ1) is 7.61. The highest BCUT2D eigenvalue weighted by Crippen LogP contribution is 2.00. The lowest BCUT2D eigenvalue weighted by molar-refractivity contribution is -0.119. The molecule has 0 aromatic carbocycles. The molecule has 0 bridgehead atoms. The van der Waals surface area contributed by atoms with E-state index in [1.807, 2.05) is 12.2 Å². The summed E-state index contributed by atoms with van der Waals surface area (Å²) >= 11 is 0. The number of aliphatic imine (C=N–C) groups is 1. The molecule has 88 valence electrons. The summed E-state index contributed by atoms with van der Waals surface area (Å²) < 4.78 is 0. The molecule has 0 atom stereocenters. The van der Waals surface area contributed by atoms with Gasteiger partial charge in [-0.3, -0.25) is 14.9 Å². The molecule has 0 aliphatic carbocycles. The maximum absolute atomic E-state index is 11.4. The van der Waals surface area contributed by atoms with Gasteiger partial charge in [0.25, 0.3) is 0 Å². The van der Waals surface area contributed by atoms with Crippen LogP contribution in [0.25, 0.3) is 0 Å². The second-order valence-electron chi connectivity index (χ2n) is 3.59. The summed E-state index contributed by atoms with van der Waals surface area (Å²) in [6.45, 7) is 2.64. The van der Waals surface area contributed by atoms with E-state index >= 15 is 0 Å². The largest absolute Gasteiger partial charge is 0.356 e. The van der Waals surface area contributed by atoms with E-state index in [2.05, 4.69) is 10.3 Å². The van der Waals surface area contributed by atoms with Crippen LogP contribution in [0.4, 0.5) is 4.79 Å². The highest BCUT2D eigenvalue weighted by atomic mass is 16.2. The number of imide groups is 1. The summed E-state index contributed by atoms with van der Waals surface area (Å²) in [7, 11) is 0. The molecule has 0 aromatic rings. The Morgan fingerprint density at radius 1 is 1.50 bits per heavy atom. The number of nitrogens with one attached hydrogen (secondary N) is 2. The van der Waals surface area contributed by atoms with Crippen LogP contribution in [0.15, 0.2) is 4.99 Å². The molecule has 1 heterocycles. The average Bonchev–Trinajstić information content (AvgIpc) is 2.16. The fraction of sp³-hybridized carbons (Fsp3) is 0.600. The van der Waals surface area contributed by atoms with E-state index in [0.29, 0.717) is 12.3 Å². The number of hydrogen-bond acceptors (Lipinski definition) is 3. The third-order valence-electron chi connectivity index (χ3n) is 2.09. The SMILES string of the molecule is CCCCNC(=O)CC1=NC(=O)NC(=O)C1. The van der Waals surface area contributed by atoms with Gasteiger partial charge in [0.2, 0.25) is 11.8 Å². The lowest BCUT2D eigenvalue weighted by Crippen LogP contribution is -2.37. The number of amides is 4. The van der Waals surface area contributed by atoms with Gasteiger partial charge in [-0.2, -0.15) is 0 Å². The topological polar surface area (TPSA) is 87.6 Å². The molecule has 1 aliphatic rings. The van der Waals surface area contributed by atoms with Crippen LogP contribution >= 0.6 is 0 Å². The van der Waals surface area contributed by atoms with Gasteiger partial charge in [-0.15, -0.1) is 0 Å². The Balaban J connectivity index is 2.38. The van der Waals surface area contributed by atoms with Gasteiger partial charge in [0.15, 0.2) is 0 Å². The molecule has 0 saturated carbocycles. The van der Waals surface area contributed by atoms with Crippen LogP contribution in [0, 0.1) is 0 Å². The van der Waals surface area contributed by atoms with E-state index in [9.17, 15) is 14.4 Å². The lowest BCUT2D eigenvalue weighted by atomic mass is 10.1. The van der Waals surface area contributed by atoms with Gasteiger partial charge in [0, 0.05) is 12.3 Å². The van der Waals surface area contributed by atoms with Gasteiger partial charge in [-0.05, 0) is 6.42 Å². The van der Waals surface area contributed by atoms with E-state index in [1.165, 1.54) is 0 Å². The molecule has 0 spiro atoms. The van der Waals surface area contributed by atoms with E-state index in [4.69, 9.17) is 0 Å². The molecule has 0 aromatic heterocycles. The Bertz CT molecular complexity index is 336. The van der Waals surface area contributed by atoms with Crippen LogP contribution in [0.1, 0.15) is 32.6 Å². The van der Waals surface area contributed by atoms with Crippen LogP contribution in [0.3, 0.4) is 0 Å². The first kappa shape index (κ1) is 12.4. The zero-order valence-electron chi connectivity index (χ0n) is 9.21. The monoisotopic (exact) mass is 225 g/mol. The third-order valence-corrected chi connectivity index (χ3v) is 2.09. The molecule has 0 saturated heterocycles.